The summed E-state index contributed by atoms with van der Waals surface area (Å²) in [7, 11) is 1.52. The summed E-state index contributed by atoms with van der Waals surface area (Å²) < 4.78 is 12.2. The van der Waals surface area contributed by atoms with E-state index in [1.165, 1.54) is 30.5 Å². The number of nitrogens with zero attached hydrogens (tertiary/aromatic N) is 5. The summed E-state index contributed by atoms with van der Waals surface area (Å²) >= 11 is 6.31. The van der Waals surface area contributed by atoms with Gasteiger partial charge in [-0.1, -0.05) is 28.9 Å². The van der Waals surface area contributed by atoms with Gasteiger partial charge in [-0.15, -0.1) is 0 Å². The average molecular weight is 617 g/mol. The third-order valence-electron chi connectivity index (χ3n) is 6.52. The van der Waals surface area contributed by atoms with Gasteiger partial charge in [0.05, 0.1) is 28.4 Å². The number of amides is 2. The van der Waals surface area contributed by atoms with Gasteiger partial charge >= 0.3 is 0 Å². The maximum absolute atomic E-state index is 13.1. The highest BCUT2D eigenvalue weighted by Crippen LogP contribution is 2.35. The smallest absolute Gasteiger partial charge is 0.294 e. The van der Waals surface area contributed by atoms with Crippen LogP contribution in [0.3, 0.4) is 0 Å². The molecule has 0 saturated carbocycles. The van der Waals surface area contributed by atoms with Crippen molar-refractivity contribution in [3.05, 3.63) is 105 Å². The zero-order valence-corrected chi connectivity index (χ0v) is 24.2. The van der Waals surface area contributed by atoms with E-state index >= 15 is 0 Å². The van der Waals surface area contributed by atoms with Crippen molar-refractivity contribution in [2.24, 2.45) is 0 Å². The highest BCUT2D eigenvalue weighted by Gasteiger charge is 2.24. The van der Waals surface area contributed by atoms with Gasteiger partial charge in [0.1, 0.15) is 41.1 Å². The molecular weight excluding hydrogens is 592 g/mol. The van der Waals surface area contributed by atoms with Gasteiger partial charge < -0.3 is 25.2 Å². The second-order valence-corrected chi connectivity index (χ2v) is 9.70. The van der Waals surface area contributed by atoms with Crippen LogP contribution >= 0.6 is 11.6 Å². The molecule has 5 aromatic rings. The fourth-order valence-electron chi connectivity index (χ4n) is 4.38. The summed E-state index contributed by atoms with van der Waals surface area (Å²) in [5, 5.41) is 28.3. The number of aromatic nitrogens is 4. The Hall–Kier alpha value is -5.76. The number of aryl methyl sites for hydroxylation is 1. The molecule has 0 unspecified atom stereocenters. The van der Waals surface area contributed by atoms with E-state index in [1.54, 1.807) is 55.5 Å². The van der Waals surface area contributed by atoms with Gasteiger partial charge in [-0.2, -0.15) is 5.10 Å². The number of carbonyl (C=O) groups is 2. The van der Waals surface area contributed by atoms with E-state index in [-0.39, 0.29) is 40.6 Å². The second-order valence-electron chi connectivity index (χ2n) is 9.29. The summed E-state index contributed by atoms with van der Waals surface area (Å²) in [5.74, 6) is -0.100. The molecule has 0 atom stereocenters. The number of ether oxygens (including phenoxy) is 1. The monoisotopic (exact) mass is 616 g/mol. The van der Waals surface area contributed by atoms with Gasteiger partial charge in [-0.05, 0) is 49.4 Å². The number of benzene rings is 3. The molecule has 5 rings (SSSR count). The molecule has 0 radical (unpaired) electrons. The maximum Gasteiger partial charge on any atom is 0.294 e. The molecule has 0 saturated heterocycles. The lowest BCUT2D eigenvalue weighted by Crippen LogP contribution is -2.29. The van der Waals surface area contributed by atoms with Crippen molar-refractivity contribution >= 4 is 40.5 Å². The highest BCUT2D eigenvalue weighted by molar-refractivity contribution is 6.33. The van der Waals surface area contributed by atoms with E-state index in [0.29, 0.717) is 34.1 Å². The van der Waals surface area contributed by atoms with Gasteiger partial charge in [0.15, 0.2) is 0 Å². The van der Waals surface area contributed by atoms with Crippen LogP contribution in [0, 0.1) is 17.0 Å². The van der Waals surface area contributed by atoms with E-state index in [4.69, 9.17) is 20.9 Å². The summed E-state index contributed by atoms with van der Waals surface area (Å²) in [6, 6.07) is 16.1. The summed E-state index contributed by atoms with van der Waals surface area (Å²) in [4.78, 5) is 41.0. The minimum absolute atomic E-state index is 0.0576. The number of hydrogen-bond donors (Lipinski definition) is 3. The molecule has 14 nitrogen and oxygen atoms in total. The predicted molar refractivity (Wildman–Crippen MR) is 161 cm³/mol. The summed E-state index contributed by atoms with van der Waals surface area (Å²) in [6.07, 6.45) is 2.90. The molecule has 0 aliphatic heterocycles. The molecule has 224 valence electrons. The van der Waals surface area contributed by atoms with Crippen LogP contribution in [0.2, 0.25) is 5.02 Å². The maximum atomic E-state index is 13.1. The Morgan fingerprint density at radius 2 is 1.84 bits per heavy atom. The van der Waals surface area contributed by atoms with Crippen molar-refractivity contribution in [1.82, 2.24) is 25.2 Å². The lowest BCUT2D eigenvalue weighted by molar-refractivity contribution is -0.383. The number of methoxy groups -OCH3 is 1. The first-order valence-corrected chi connectivity index (χ1v) is 13.5. The first-order chi connectivity index (χ1) is 21.3. The largest absolute Gasteiger partial charge is 0.496 e. The van der Waals surface area contributed by atoms with Gasteiger partial charge in [-0.25, -0.2) is 9.67 Å². The van der Waals surface area contributed by atoms with Crippen LogP contribution in [0.15, 0.2) is 77.8 Å². The quantitative estimate of drug-likeness (QED) is 0.105. The van der Waals surface area contributed by atoms with Crippen LogP contribution < -0.4 is 20.7 Å². The molecular formula is C29H25ClN8O6. The molecule has 2 heterocycles. The Kier molecular flexibility index (Phi) is 8.81. The molecule has 0 fully saturated rings. The minimum atomic E-state index is -0.639. The fraction of sp³-hybridized carbons (Fsp3) is 0.138. The van der Waals surface area contributed by atoms with Crippen LogP contribution in [0.1, 0.15) is 26.5 Å². The van der Waals surface area contributed by atoms with Crippen LogP contribution in [0.5, 0.6) is 5.75 Å². The number of para-hydroxylation sites is 1. The molecule has 0 aliphatic rings. The fourth-order valence-corrected chi connectivity index (χ4v) is 4.60. The van der Waals surface area contributed by atoms with E-state index < -0.39 is 16.7 Å². The first kappa shape index (κ1) is 29.7. The van der Waals surface area contributed by atoms with E-state index in [2.05, 4.69) is 31.2 Å². The number of carbonyl (C=O) groups excluding carboxylic acids is 2. The third-order valence-corrected chi connectivity index (χ3v) is 6.83. The molecule has 44 heavy (non-hydrogen) atoms. The zero-order chi connectivity index (χ0) is 31.2. The van der Waals surface area contributed by atoms with Gasteiger partial charge in [0.2, 0.25) is 0 Å². The van der Waals surface area contributed by atoms with Crippen molar-refractivity contribution in [3.8, 4) is 22.7 Å². The number of halogens is 1. The van der Waals surface area contributed by atoms with Gasteiger partial charge in [-0.3, -0.25) is 19.7 Å². The molecule has 2 aromatic heterocycles. The second kappa shape index (κ2) is 13.0. The molecule has 0 aliphatic carbocycles. The lowest BCUT2D eigenvalue weighted by Gasteiger charge is -2.13. The summed E-state index contributed by atoms with van der Waals surface area (Å²) in [6.45, 7) is 1.99. The normalized spacial score (nSPS) is 10.7. The first-order valence-electron chi connectivity index (χ1n) is 13.1. The van der Waals surface area contributed by atoms with Crippen LogP contribution in [0.4, 0.5) is 17.1 Å². The van der Waals surface area contributed by atoms with E-state index in [9.17, 15) is 19.7 Å². The number of nitrogens with one attached hydrogen (secondary N) is 3. The molecule has 0 bridgehead atoms. The van der Waals surface area contributed by atoms with Crippen molar-refractivity contribution in [1.29, 1.82) is 0 Å². The predicted octanol–water partition coefficient (Wildman–Crippen LogP) is 4.90. The highest BCUT2D eigenvalue weighted by atomic mass is 35.5. The Balaban J connectivity index is 1.25. The topological polar surface area (TPSA) is 179 Å². The summed E-state index contributed by atoms with van der Waals surface area (Å²) in [5.41, 5.74) is 2.05. The van der Waals surface area contributed by atoms with Crippen molar-refractivity contribution in [2.45, 2.75) is 6.92 Å². The molecule has 15 heteroatoms. The Bertz CT molecular complexity index is 1820. The number of hydrogen-bond acceptors (Lipinski definition) is 10. The average Bonchev–Trinajstić information content (AvgIpc) is 3.70. The van der Waals surface area contributed by atoms with Crippen molar-refractivity contribution in [2.75, 3.05) is 30.8 Å². The Morgan fingerprint density at radius 3 is 2.55 bits per heavy atom. The number of nitro groups is 1. The number of rotatable bonds is 11. The van der Waals surface area contributed by atoms with Crippen molar-refractivity contribution in [3.63, 3.8) is 0 Å². The van der Waals surface area contributed by atoms with Crippen molar-refractivity contribution < 1.29 is 23.8 Å². The molecule has 3 N–H and O–H groups in total. The molecule has 0 spiro atoms. The lowest BCUT2D eigenvalue weighted by atomic mass is 10.0. The molecule has 2 amide bonds. The van der Waals surface area contributed by atoms with Crippen LogP contribution in [-0.4, -0.2) is 56.9 Å². The van der Waals surface area contributed by atoms with E-state index in [1.807, 2.05) is 0 Å². The Morgan fingerprint density at radius 1 is 1.07 bits per heavy atom. The molecule has 3 aromatic carbocycles. The zero-order valence-electron chi connectivity index (χ0n) is 23.4. The minimum Gasteiger partial charge on any atom is -0.496 e. The third kappa shape index (κ3) is 6.34. The Labute approximate surface area is 255 Å². The number of anilines is 2. The SMILES string of the molecule is COc1ccccc1-c1noc(C)c1C(=O)NCCNc1cc(NC(=O)c2ccc(-n3cncn3)cc2)c([N+](=O)[O-])cc1Cl. The van der Waals surface area contributed by atoms with Crippen LogP contribution in [-0.2, 0) is 0 Å². The van der Waals surface area contributed by atoms with Gasteiger partial charge in [0, 0.05) is 30.3 Å². The van der Waals surface area contributed by atoms with Crippen LogP contribution in [0.25, 0.3) is 16.9 Å². The standard InChI is InChI=1S/C29H25ClN8O6/c1-17-26(27(36-44-17)20-5-3-4-6-25(20)43-2)29(40)33-12-11-32-22-14-23(24(38(41)42)13-21(22)30)35-28(39)18-7-9-19(10-8-18)37-16-31-15-34-37/h3-10,13-16,32H,11-12H2,1-2H3,(H,33,40)(H,35,39). The van der Waals surface area contributed by atoms with Gasteiger partial charge in [0.25, 0.3) is 17.5 Å². The number of nitro benzene ring substituents is 1. The van der Waals surface area contributed by atoms with E-state index in [0.717, 1.165) is 6.07 Å².